The average Bonchev–Trinajstić information content (AvgIpc) is 2.72. The van der Waals surface area contributed by atoms with E-state index in [0.717, 1.165) is 38.4 Å². The van der Waals surface area contributed by atoms with E-state index in [1.54, 1.807) is 0 Å². The molecule has 2 aliphatic rings. The van der Waals surface area contributed by atoms with E-state index < -0.39 is 0 Å². The number of piperidine rings is 1. The summed E-state index contributed by atoms with van der Waals surface area (Å²) in [6.45, 7) is 2.52. The first kappa shape index (κ1) is 11.4. The molecule has 0 radical (unpaired) electrons. The highest BCUT2D eigenvalue weighted by atomic mass is 16.3. The maximum absolute atomic E-state index is 8.97. The largest absolute Gasteiger partial charge is 0.396 e. The Morgan fingerprint density at radius 2 is 1.80 bits per heavy atom. The van der Waals surface area contributed by atoms with Crippen LogP contribution < -0.4 is 5.73 Å². The molecule has 1 aliphatic carbocycles. The van der Waals surface area contributed by atoms with E-state index in [1.807, 2.05) is 0 Å². The Labute approximate surface area is 92.6 Å². The van der Waals surface area contributed by atoms with Crippen molar-refractivity contribution < 1.29 is 5.11 Å². The number of hydrogen-bond donors (Lipinski definition) is 2. The Hall–Kier alpha value is -0.120. The van der Waals surface area contributed by atoms with Crippen LogP contribution in [-0.4, -0.2) is 41.3 Å². The fraction of sp³-hybridized carbons (Fsp3) is 1.00. The molecule has 1 saturated carbocycles. The minimum Gasteiger partial charge on any atom is -0.396 e. The van der Waals surface area contributed by atoms with Crippen molar-refractivity contribution in [1.29, 1.82) is 0 Å². The molecule has 0 bridgehead atoms. The van der Waals surface area contributed by atoms with Gasteiger partial charge in [-0.15, -0.1) is 0 Å². The number of rotatable bonds is 3. The third-order valence-electron chi connectivity index (χ3n) is 4.24. The molecule has 2 fully saturated rings. The van der Waals surface area contributed by atoms with Gasteiger partial charge in [-0.3, -0.25) is 0 Å². The molecule has 0 aromatic rings. The number of hydrogen-bond acceptors (Lipinski definition) is 3. The molecule has 1 aliphatic heterocycles. The molecule has 3 N–H and O–H groups in total. The van der Waals surface area contributed by atoms with E-state index in [4.69, 9.17) is 10.8 Å². The highest BCUT2D eigenvalue weighted by Crippen LogP contribution is 2.29. The van der Waals surface area contributed by atoms with E-state index in [-0.39, 0.29) is 12.1 Å². The van der Waals surface area contributed by atoms with Gasteiger partial charge in [-0.1, -0.05) is 12.8 Å². The van der Waals surface area contributed by atoms with Gasteiger partial charge in [0.05, 0.1) is 0 Å². The quantitative estimate of drug-likeness (QED) is 0.736. The van der Waals surface area contributed by atoms with Gasteiger partial charge in [-0.25, -0.2) is 0 Å². The molecular weight excluding hydrogens is 188 g/mol. The summed E-state index contributed by atoms with van der Waals surface area (Å²) in [5.41, 5.74) is 6.16. The second-order valence-corrected chi connectivity index (χ2v) is 5.31. The number of nitrogens with zero attached hydrogens (tertiary/aromatic N) is 1. The van der Waals surface area contributed by atoms with Crippen molar-refractivity contribution >= 4 is 0 Å². The second kappa shape index (κ2) is 4.81. The summed E-state index contributed by atoms with van der Waals surface area (Å²) in [5, 5.41) is 8.97. The molecule has 2 rings (SSSR count). The molecule has 0 aromatic carbocycles. The minimum absolute atomic E-state index is 0.0795. The fourth-order valence-electron chi connectivity index (χ4n) is 3.08. The van der Waals surface area contributed by atoms with Crippen molar-refractivity contribution in [3.63, 3.8) is 0 Å². The molecule has 0 unspecified atom stereocenters. The van der Waals surface area contributed by atoms with Crippen LogP contribution in [0.1, 0.15) is 44.9 Å². The first-order valence-electron chi connectivity index (χ1n) is 6.37. The number of aliphatic hydroxyl groups is 1. The van der Waals surface area contributed by atoms with Gasteiger partial charge in [0.1, 0.15) is 0 Å². The smallest absolute Gasteiger partial charge is 0.0448 e. The molecule has 3 heteroatoms. The molecule has 0 atom stereocenters. The first-order chi connectivity index (χ1) is 7.23. The summed E-state index contributed by atoms with van der Waals surface area (Å²) in [5.74, 6) is 0. The normalized spacial score (nSPS) is 28.4. The molecule has 3 nitrogen and oxygen atoms in total. The predicted octanol–water partition coefficient (Wildman–Crippen LogP) is 1.10. The maximum Gasteiger partial charge on any atom is 0.0448 e. The Kier molecular flexibility index (Phi) is 3.65. The average molecular weight is 212 g/mol. The van der Waals surface area contributed by atoms with E-state index in [1.165, 1.54) is 25.7 Å². The van der Waals surface area contributed by atoms with Crippen LogP contribution in [0.2, 0.25) is 0 Å². The first-order valence-corrected chi connectivity index (χ1v) is 6.37. The minimum atomic E-state index is -0.0795. The zero-order chi connectivity index (χ0) is 10.7. The van der Waals surface area contributed by atoms with E-state index in [0.29, 0.717) is 0 Å². The van der Waals surface area contributed by atoms with Crippen molar-refractivity contribution in [2.75, 3.05) is 19.7 Å². The van der Waals surface area contributed by atoms with Crippen LogP contribution >= 0.6 is 0 Å². The standard InChI is InChI=1S/C12H24N2O/c13-12(7-10-15)5-8-14(9-6-12)11-3-1-2-4-11/h11,15H,1-10,13H2. The van der Waals surface area contributed by atoms with E-state index in [9.17, 15) is 0 Å². The van der Waals surface area contributed by atoms with Crippen molar-refractivity contribution in [2.45, 2.75) is 56.5 Å². The second-order valence-electron chi connectivity index (χ2n) is 5.31. The summed E-state index contributed by atoms with van der Waals surface area (Å²) in [4.78, 5) is 2.62. The molecule has 0 amide bonds. The zero-order valence-electron chi connectivity index (χ0n) is 9.62. The van der Waals surface area contributed by atoms with Gasteiger partial charge in [0.2, 0.25) is 0 Å². The summed E-state index contributed by atoms with van der Waals surface area (Å²) in [7, 11) is 0. The van der Waals surface area contributed by atoms with Crippen LogP contribution in [0.25, 0.3) is 0 Å². The predicted molar refractivity (Wildman–Crippen MR) is 61.7 cm³/mol. The van der Waals surface area contributed by atoms with Gasteiger partial charge in [-0.2, -0.15) is 0 Å². The van der Waals surface area contributed by atoms with Crippen molar-refractivity contribution in [3.8, 4) is 0 Å². The maximum atomic E-state index is 8.97. The lowest BCUT2D eigenvalue weighted by Gasteiger charge is -2.41. The summed E-state index contributed by atoms with van der Waals surface area (Å²) >= 11 is 0. The SMILES string of the molecule is NC1(CCO)CCN(C2CCCC2)CC1. The summed E-state index contributed by atoms with van der Waals surface area (Å²) < 4.78 is 0. The zero-order valence-corrected chi connectivity index (χ0v) is 9.62. The monoisotopic (exact) mass is 212 g/mol. The third kappa shape index (κ3) is 2.71. The Balaban J connectivity index is 1.80. The van der Waals surface area contributed by atoms with Crippen molar-refractivity contribution in [1.82, 2.24) is 4.90 Å². The number of nitrogens with two attached hydrogens (primary N) is 1. The molecule has 1 heterocycles. The lowest BCUT2D eigenvalue weighted by Crippen LogP contribution is -2.52. The van der Waals surface area contributed by atoms with Gasteiger partial charge >= 0.3 is 0 Å². The fourth-order valence-corrected chi connectivity index (χ4v) is 3.08. The van der Waals surface area contributed by atoms with Gasteiger partial charge in [0, 0.05) is 31.3 Å². The molecule has 15 heavy (non-hydrogen) atoms. The highest BCUT2D eigenvalue weighted by Gasteiger charge is 2.33. The van der Waals surface area contributed by atoms with Crippen molar-refractivity contribution in [2.24, 2.45) is 5.73 Å². The van der Waals surface area contributed by atoms with E-state index >= 15 is 0 Å². The highest BCUT2D eigenvalue weighted by molar-refractivity contribution is 4.92. The van der Waals surface area contributed by atoms with E-state index in [2.05, 4.69) is 4.90 Å². The number of aliphatic hydroxyl groups excluding tert-OH is 1. The van der Waals surface area contributed by atoms with Crippen LogP contribution in [-0.2, 0) is 0 Å². The topological polar surface area (TPSA) is 49.5 Å². The van der Waals surface area contributed by atoms with Crippen LogP contribution in [0.15, 0.2) is 0 Å². The van der Waals surface area contributed by atoms with Gasteiger partial charge in [0.15, 0.2) is 0 Å². The third-order valence-corrected chi connectivity index (χ3v) is 4.24. The Morgan fingerprint density at radius 3 is 2.33 bits per heavy atom. The lowest BCUT2D eigenvalue weighted by atomic mass is 9.85. The summed E-state index contributed by atoms with van der Waals surface area (Å²) in [6, 6.07) is 0.837. The van der Waals surface area contributed by atoms with Crippen molar-refractivity contribution in [3.05, 3.63) is 0 Å². The Morgan fingerprint density at radius 1 is 1.20 bits per heavy atom. The van der Waals surface area contributed by atoms with Crippen LogP contribution in [0.3, 0.4) is 0 Å². The Bertz CT molecular complexity index is 194. The lowest BCUT2D eigenvalue weighted by molar-refractivity contribution is 0.103. The summed E-state index contributed by atoms with van der Waals surface area (Å²) in [6.07, 6.45) is 8.48. The van der Waals surface area contributed by atoms with Crippen LogP contribution in [0.5, 0.6) is 0 Å². The molecule has 0 aromatic heterocycles. The molecular formula is C12H24N2O. The van der Waals surface area contributed by atoms with Gasteiger partial charge in [0.25, 0.3) is 0 Å². The van der Waals surface area contributed by atoms with Crippen LogP contribution in [0.4, 0.5) is 0 Å². The van der Waals surface area contributed by atoms with Gasteiger partial charge in [-0.05, 0) is 32.1 Å². The molecule has 88 valence electrons. The van der Waals surface area contributed by atoms with Crippen LogP contribution in [0, 0.1) is 0 Å². The number of likely N-dealkylation sites (tertiary alicyclic amines) is 1. The molecule has 1 saturated heterocycles. The molecule has 0 spiro atoms. The van der Waals surface area contributed by atoms with Gasteiger partial charge < -0.3 is 15.7 Å².